The second-order valence-corrected chi connectivity index (χ2v) is 5.46. The van der Waals surface area contributed by atoms with Crippen molar-refractivity contribution in [2.45, 2.75) is 0 Å². The van der Waals surface area contributed by atoms with Gasteiger partial charge >= 0.3 is 11.9 Å². The maximum atomic E-state index is 12.0. The fourth-order valence-corrected chi connectivity index (χ4v) is 2.20. The average molecular weight is 382 g/mol. The van der Waals surface area contributed by atoms with Crippen LogP contribution in [-0.4, -0.2) is 23.4 Å². The van der Waals surface area contributed by atoms with Crippen LogP contribution in [0.4, 0.5) is 11.6 Å². The largest absolute Gasteiger partial charge is 0.457 e. The molecule has 0 saturated heterocycles. The second kappa shape index (κ2) is 8.49. The highest BCUT2D eigenvalue weighted by Gasteiger charge is 2.19. The highest BCUT2D eigenvalue weighted by molar-refractivity contribution is 5.94. The van der Waals surface area contributed by atoms with Crippen LogP contribution in [0.25, 0.3) is 0 Å². The summed E-state index contributed by atoms with van der Waals surface area (Å²) in [6.45, 7) is -0.586. The Balaban J connectivity index is 1.53. The highest BCUT2D eigenvalue weighted by atomic mass is 16.7. The van der Waals surface area contributed by atoms with Gasteiger partial charge in [0.2, 0.25) is 5.76 Å². The molecule has 1 heterocycles. The number of hydrogen-bond acceptors (Lipinski definition) is 7. The molecule has 2 aromatic carbocycles. The third kappa shape index (κ3) is 4.94. The molecule has 0 aliphatic heterocycles. The zero-order valence-corrected chi connectivity index (χ0v) is 14.4. The summed E-state index contributed by atoms with van der Waals surface area (Å²) in [7, 11) is 0. The molecular formula is C19H14N2O7. The van der Waals surface area contributed by atoms with Gasteiger partial charge in [0.05, 0.1) is 6.07 Å². The highest BCUT2D eigenvalue weighted by Crippen LogP contribution is 2.23. The predicted octanol–water partition coefficient (Wildman–Crippen LogP) is 3.78. The molecule has 142 valence electrons. The van der Waals surface area contributed by atoms with Crippen molar-refractivity contribution in [3.05, 3.63) is 82.6 Å². The minimum Gasteiger partial charge on any atom is -0.457 e. The number of anilines is 1. The summed E-state index contributed by atoms with van der Waals surface area (Å²) in [6.07, 6.45) is 0. The second-order valence-electron chi connectivity index (χ2n) is 5.46. The van der Waals surface area contributed by atoms with Crippen LogP contribution in [0.2, 0.25) is 0 Å². The number of esters is 1. The van der Waals surface area contributed by atoms with Crippen molar-refractivity contribution < 1.29 is 28.4 Å². The molecule has 0 saturated carbocycles. The molecule has 0 aliphatic carbocycles. The lowest BCUT2D eigenvalue weighted by Gasteiger charge is -2.09. The number of nitro groups is 1. The van der Waals surface area contributed by atoms with E-state index in [2.05, 4.69) is 5.32 Å². The Morgan fingerprint density at radius 3 is 2.46 bits per heavy atom. The molecule has 0 atom stereocenters. The lowest BCUT2D eigenvalue weighted by Crippen LogP contribution is -2.20. The monoisotopic (exact) mass is 382 g/mol. The zero-order chi connectivity index (χ0) is 19.9. The quantitative estimate of drug-likeness (QED) is 0.375. The van der Waals surface area contributed by atoms with Gasteiger partial charge in [-0.25, -0.2) is 4.79 Å². The molecule has 3 rings (SSSR count). The van der Waals surface area contributed by atoms with Gasteiger partial charge < -0.3 is 19.2 Å². The first-order valence-corrected chi connectivity index (χ1v) is 8.05. The molecule has 0 radical (unpaired) electrons. The Hall–Kier alpha value is -4.14. The number of furan rings is 1. The Morgan fingerprint density at radius 2 is 1.75 bits per heavy atom. The van der Waals surface area contributed by atoms with Crippen LogP contribution in [0.3, 0.4) is 0 Å². The van der Waals surface area contributed by atoms with Crippen LogP contribution in [0.1, 0.15) is 10.6 Å². The number of amides is 1. The Bertz CT molecular complexity index is 998. The van der Waals surface area contributed by atoms with E-state index in [1.54, 1.807) is 36.4 Å². The summed E-state index contributed by atoms with van der Waals surface area (Å²) in [4.78, 5) is 33.5. The number of para-hydroxylation sites is 1. The number of rotatable bonds is 7. The summed E-state index contributed by atoms with van der Waals surface area (Å²) in [5, 5.41) is 13.1. The van der Waals surface area contributed by atoms with E-state index in [1.165, 1.54) is 0 Å². The van der Waals surface area contributed by atoms with Gasteiger partial charge in [-0.2, -0.15) is 0 Å². The number of hydrogen-bond donors (Lipinski definition) is 1. The van der Waals surface area contributed by atoms with E-state index >= 15 is 0 Å². The number of ether oxygens (including phenoxy) is 2. The Kier molecular flexibility index (Phi) is 5.66. The van der Waals surface area contributed by atoms with Gasteiger partial charge in [0, 0.05) is 11.8 Å². The Labute approximate surface area is 158 Å². The van der Waals surface area contributed by atoms with Gasteiger partial charge in [-0.1, -0.05) is 24.3 Å². The van der Waals surface area contributed by atoms with Gasteiger partial charge in [-0.15, -0.1) is 0 Å². The van der Waals surface area contributed by atoms with Crippen molar-refractivity contribution >= 4 is 23.4 Å². The van der Waals surface area contributed by atoms with E-state index < -0.39 is 29.3 Å². The molecule has 1 amide bonds. The summed E-state index contributed by atoms with van der Waals surface area (Å²) < 4.78 is 15.2. The summed E-state index contributed by atoms with van der Waals surface area (Å²) in [5.41, 5.74) is 0.447. The maximum absolute atomic E-state index is 12.0. The molecule has 0 fully saturated rings. The standard InChI is InChI=1S/C19H14N2O7/c22-17(12-26-19(23)16-9-10-18(28-16)21(24)25)20-13-5-4-8-15(11-13)27-14-6-2-1-3-7-14/h1-11H,12H2,(H,20,22). The van der Waals surface area contributed by atoms with Gasteiger partial charge in [-0.3, -0.25) is 14.9 Å². The van der Waals surface area contributed by atoms with E-state index in [4.69, 9.17) is 13.9 Å². The first kappa shape index (κ1) is 18.6. The van der Waals surface area contributed by atoms with E-state index in [9.17, 15) is 19.7 Å². The van der Waals surface area contributed by atoms with Gasteiger partial charge in [0.25, 0.3) is 5.91 Å². The van der Waals surface area contributed by atoms with Crippen LogP contribution in [0.5, 0.6) is 11.5 Å². The fraction of sp³-hybridized carbons (Fsp3) is 0.0526. The minimum atomic E-state index is -0.982. The van der Waals surface area contributed by atoms with Crippen molar-refractivity contribution in [2.75, 3.05) is 11.9 Å². The van der Waals surface area contributed by atoms with Crippen LogP contribution >= 0.6 is 0 Å². The SMILES string of the molecule is O=C(COC(=O)c1ccc([N+](=O)[O-])o1)Nc1cccc(Oc2ccccc2)c1. The molecule has 3 aromatic rings. The third-order valence-electron chi connectivity index (χ3n) is 3.40. The number of carbonyl (C=O) groups is 2. The lowest BCUT2D eigenvalue weighted by atomic mass is 10.3. The number of carbonyl (C=O) groups excluding carboxylic acids is 2. The molecule has 9 heteroatoms. The van der Waals surface area contributed by atoms with E-state index in [0.717, 1.165) is 12.1 Å². The normalized spacial score (nSPS) is 10.1. The number of benzene rings is 2. The van der Waals surface area contributed by atoms with Crippen LogP contribution < -0.4 is 10.1 Å². The van der Waals surface area contributed by atoms with E-state index in [0.29, 0.717) is 17.2 Å². The molecule has 9 nitrogen and oxygen atoms in total. The van der Waals surface area contributed by atoms with Crippen molar-refractivity contribution in [3.8, 4) is 11.5 Å². The summed E-state index contributed by atoms with van der Waals surface area (Å²) >= 11 is 0. The molecule has 0 spiro atoms. The van der Waals surface area contributed by atoms with Gasteiger partial charge in [0.15, 0.2) is 6.61 Å². The van der Waals surface area contributed by atoms with Gasteiger partial charge in [0.1, 0.15) is 16.4 Å². The maximum Gasteiger partial charge on any atom is 0.433 e. The van der Waals surface area contributed by atoms with Crippen LogP contribution in [-0.2, 0) is 9.53 Å². The predicted molar refractivity (Wildman–Crippen MR) is 97.2 cm³/mol. The fourth-order valence-electron chi connectivity index (χ4n) is 2.20. The molecule has 28 heavy (non-hydrogen) atoms. The molecule has 0 unspecified atom stereocenters. The minimum absolute atomic E-state index is 0.363. The smallest absolute Gasteiger partial charge is 0.433 e. The topological polar surface area (TPSA) is 121 Å². The number of nitrogens with one attached hydrogen (secondary N) is 1. The van der Waals surface area contributed by atoms with Crippen LogP contribution in [0, 0.1) is 10.1 Å². The summed E-state index contributed by atoms with van der Waals surface area (Å²) in [6, 6.07) is 17.9. The zero-order valence-electron chi connectivity index (χ0n) is 14.4. The number of nitrogens with zero attached hydrogens (tertiary/aromatic N) is 1. The van der Waals surface area contributed by atoms with Crippen LogP contribution in [0.15, 0.2) is 71.1 Å². The molecule has 0 aliphatic rings. The average Bonchev–Trinajstić information content (AvgIpc) is 3.18. The van der Waals surface area contributed by atoms with Crippen molar-refractivity contribution in [3.63, 3.8) is 0 Å². The Morgan fingerprint density at radius 1 is 1.00 bits per heavy atom. The molecule has 0 bridgehead atoms. The van der Waals surface area contributed by atoms with E-state index in [1.807, 2.05) is 18.2 Å². The van der Waals surface area contributed by atoms with E-state index in [-0.39, 0.29) is 5.76 Å². The third-order valence-corrected chi connectivity index (χ3v) is 3.40. The first-order chi connectivity index (χ1) is 13.5. The van der Waals surface area contributed by atoms with Crippen molar-refractivity contribution in [2.24, 2.45) is 0 Å². The summed E-state index contributed by atoms with van der Waals surface area (Å²) in [5.74, 6) is -1.36. The molecule has 1 aromatic heterocycles. The first-order valence-electron chi connectivity index (χ1n) is 8.05. The van der Waals surface area contributed by atoms with Gasteiger partial charge in [-0.05, 0) is 30.3 Å². The molecular weight excluding hydrogens is 368 g/mol. The molecule has 1 N–H and O–H groups in total. The van der Waals surface area contributed by atoms with Crippen molar-refractivity contribution in [1.82, 2.24) is 0 Å². The lowest BCUT2D eigenvalue weighted by molar-refractivity contribution is -0.402. The van der Waals surface area contributed by atoms with Crippen molar-refractivity contribution in [1.29, 1.82) is 0 Å².